The molecule has 0 amide bonds. The minimum Gasteiger partial charge on any atom is -0.437 e. The van der Waals surface area contributed by atoms with Gasteiger partial charge in [0.25, 0.3) is 0 Å². The van der Waals surface area contributed by atoms with Gasteiger partial charge in [-0.15, -0.1) is 0 Å². The molecule has 6 heteroatoms. The number of methoxy groups -OCH3 is 1. The summed E-state index contributed by atoms with van der Waals surface area (Å²) < 4.78 is 36.5. The van der Waals surface area contributed by atoms with Gasteiger partial charge in [-0.3, -0.25) is 4.98 Å². The van der Waals surface area contributed by atoms with Gasteiger partial charge in [0.15, 0.2) is 17.4 Å². The predicted octanol–water partition coefficient (Wildman–Crippen LogP) is 3.28. The van der Waals surface area contributed by atoms with E-state index in [2.05, 4.69) is 9.72 Å². The van der Waals surface area contributed by atoms with Gasteiger partial charge in [0.2, 0.25) is 0 Å². The Labute approximate surface area is 108 Å². The lowest BCUT2D eigenvalue weighted by molar-refractivity contribution is 0.121. The van der Waals surface area contributed by atoms with Crippen LogP contribution in [0.25, 0.3) is 10.9 Å². The van der Waals surface area contributed by atoms with Crippen molar-refractivity contribution in [3.63, 3.8) is 0 Å². The monoisotopic (exact) mass is 267 g/mol. The van der Waals surface area contributed by atoms with Crippen molar-refractivity contribution in [1.29, 1.82) is 0 Å². The average Bonchev–Trinajstić information content (AvgIpc) is 2.39. The molecule has 1 heterocycles. The molecule has 0 radical (unpaired) electrons. The van der Waals surface area contributed by atoms with E-state index in [0.717, 1.165) is 13.2 Å². The summed E-state index contributed by atoms with van der Waals surface area (Å²) in [6, 6.07) is 2.30. The lowest BCUT2D eigenvalue weighted by Crippen LogP contribution is -2.10. The summed E-state index contributed by atoms with van der Waals surface area (Å²) in [6.07, 6.45) is -1.00. The zero-order valence-electron chi connectivity index (χ0n) is 10.6. The second-order valence-electron chi connectivity index (χ2n) is 3.96. The van der Waals surface area contributed by atoms with Gasteiger partial charge < -0.3 is 9.47 Å². The first kappa shape index (κ1) is 13.2. The van der Waals surface area contributed by atoms with Gasteiger partial charge in [0.1, 0.15) is 0 Å². The Morgan fingerprint density at radius 3 is 2.58 bits per heavy atom. The van der Waals surface area contributed by atoms with Crippen LogP contribution in [0.4, 0.5) is 13.6 Å². The van der Waals surface area contributed by atoms with Crippen LogP contribution in [0.3, 0.4) is 0 Å². The molecular formula is C13H11F2NO3. The van der Waals surface area contributed by atoms with Gasteiger partial charge in [0.05, 0.1) is 18.0 Å². The number of rotatable bonds is 1. The standard InChI is InChI=1S/C13H11F2NO3/c1-6-7(2)16-9-5-4-8(14)11(15)10(9)12(6)19-13(17)18-3/h4-5H,1-3H3. The number of hydrogen-bond donors (Lipinski definition) is 0. The van der Waals surface area contributed by atoms with Crippen molar-refractivity contribution in [2.45, 2.75) is 13.8 Å². The van der Waals surface area contributed by atoms with Crippen molar-refractivity contribution in [2.75, 3.05) is 7.11 Å². The highest BCUT2D eigenvalue weighted by Crippen LogP contribution is 2.33. The van der Waals surface area contributed by atoms with E-state index in [4.69, 9.17) is 4.74 Å². The fourth-order valence-corrected chi connectivity index (χ4v) is 1.72. The number of benzene rings is 1. The third-order valence-electron chi connectivity index (χ3n) is 2.82. The molecule has 1 aromatic heterocycles. The van der Waals surface area contributed by atoms with E-state index in [1.165, 1.54) is 6.07 Å². The van der Waals surface area contributed by atoms with Crippen molar-refractivity contribution in [1.82, 2.24) is 4.98 Å². The van der Waals surface area contributed by atoms with E-state index in [9.17, 15) is 13.6 Å². The molecule has 0 bridgehead atoms. The van der Waals surface area contributed by atoms with E-state index < -0.39 is 17.8 Å². The molecule has 0 aliphatic carbocycles. The average molecular weight is 267 g/mol. The molecule has 0 spiro atoms. The Morgan fingerprint density at radius 1 is 1.26 bits per heavy atom. The molecule has 100 valence electrons. The van der Waals surface area contributed by atoms with Crippen LogP contribution < -0.4 is 4.74 Å². The number of pyridine rings is 1. The van der Waals surface area contributed by atoms with Crippen LogP contribution >= 0.6 is 0 Å². The molecule has 4 nitrogen and oxygen atoms in total. The summed E-state index contributed by atoms with van der Waals surface area (Å²) in [5.41, 5.74) is 1.21. The van der Waals surface area contributed by atoms with E-state index in [-0.39, 0.29) is 16.7 Å². The largest absolute Gasteiger partial charge is 0.513 e. The summed E-state index contributed by atoms with van der Waals surface area (Å²) in [6.45, 7) is 3.28. The Balaban J connectivity index is 2.80. The highest BCUT2D eigenvalue weighted by Gasteiger charge is 2.19. The van der Waals surface area contributed by atoms with Crippen LogP contribution in [0.15, 0.2) is 12.1 Å². The summed E-state index contributed by atoms with van der Waals surface area (Å²) in [7, 11) is 1.13. The van der Waals surface area contributed by atoms with E-state index in [1.54, 1.807) is 13.8 Å². The molecule has 2 rings (SSSR count). The highest BCUT2D eigenvalue weighted by molar-refractivity contribution is 5.89. The van der Waals surface area contributed by atoms with Crippen LogP contribution in [-0.4, -0.2) is 18.2 Å². The third-order valence-corrected chi connectivity index (χ3v) is 2.82. The van der Waals surface area contributed by atoms with Gasteiger partial charge in [-0.05, 0) is 26.0 Å². The normalized spacial score (nSPS) is 10.6. The van der Waals surface area contributed by atoms with Gasteiger partial charge >= 0.3 is 6.16 Å². The van der Waals surface area contributed by atoms with E-state index in [1.807, 2.05) is 0 Å². The number of nitrogens with zero attached hydrogens (tertiary/aromatic N) is 1. The molecule has 0 N–H and O–H groups in total. The molecule has 0 saturated heterocycles. The lowest BCUT2D eigenvalue weighted by atomic mass is 10.1. The van der Waals surface area contributed by atoms with Crippen LogP contribution in [0.1, 0.15) is 11.3 Å². The van der Waals surface area contributed by atoms with Gasteiger partial charge in [-0.1, -0.05) is 0 Å². The number of aromatic nitrogens is 1. The quantitative estimate of drug-likeness (QED) is 0.744. The summed E-state index contributed by atoms with van der Waals surface area (Å²) in [5.74, 6) is -2.22. The number of ether oxygens (including phenoxy) is 2. The van der Waals surface area contributed by atoms with Crippen LogP contribution in [0, 0.1) is 25.5 Å². The first-order chi connectivity index (χ1) is 8.95. The molecule has 0 unspecified atom stereocenters. The Bertz CT molecular complexity index is 671. The SMILES string of the molecule is COC(=O)Oc1c(C)c(C)nc2ccc(F)c(F)c12. The molecular weight excluding hydrogens is 256 g/mol. The summed E-state index contributed by atoms with van der Waals surface area (Å²) in [5, 5.41) is -0.173. The number of carbonyl (C=O) groups excluding carboxylic acids is 1. The maximum Gasteiger partial charge on any atom is 0.513 e. The summed E-state index contributed by atoms with van der Waals surface area (Å²) >= 11 is 0. The molecule has 0 saturated carbocycles. The smallest absolute Gasteiger partial charge is 0.437 e. The van der Waals surface area contributed by atoms with Gasteiger partial charge in [-0.25, -0.2) is 13.6 Å². The second kappa shape index (κ2) is 4.79. The van der Waals surface area contributed by atoms with Crippen LogP contribution in [-0.2, 0) is 4.74 Å². The first-order valence-corrected chi connectivity index (χ1v) is 5.46. The molecule has 2 aromatic rings. The molecule has 0 aliphatic heterocycles. The second-order valence-corrected chi connectivity index (χ2v) is 3.96. The number of aryl methyl sites for hydroxylation is 1. The predicted molar refractivity (Wildman–Crippen MR) is 64.2 cm³/mol. The van der Waals surface area contributed by atoms with Crippen molar-refractivity contribution in [3.8, 4) is 5.75 Å². The van der Waals surface area contributed by atoms with Crippen molar-refractivity contribution in [2.24, 2.45) is 0 Å². The van der Waals surface area contributed by atoms with Crippen LogP contribution in [0.2, 0.25) is 0 Å². The maximum absolute atomic E-state index is 13.9. The van der Waals surface area contributed by atoms with Crippen molar-refractivity contribution >= 4 is 17.1 Å². The number of fused-ring (bicyclic) bond motifs is 1. The zero-order chi connectivity index (χ0) is 14.2. The minimum absolute atomic E-state index is 0.0775. The maximum atomic E-state index is 13.9. The topological polar surface area (TPSA) is 48.4 Å². The Kier molecular flexibility index (Phi) is 3.33. The third kappa shape index (κ3) is 2.21. The number of hydrogen-bond acceptors (Lipinski definition) is 4. The lowest BCUT2D eigenvalue weighted by Gasteiger charge is -2.12. The molecule has 1 aromatic carbocycles. The highest BCUT2D eigenvalue weighted by atomic mass is 19.2. The molecule has 0 fully saturated rings. The van der Waals surface area contributed by atoms with E-state index in [0.29, 0.717) is 11.3 Å². The number of halogens is 2. The Hall–Kier alpha value is -2.24. The Morgan fingerprint density at radius 2 is 1.95 bits per heavy atom. The number of carbonyl (C=O) groups is 1. The molecule has 0 atom stereocenters. The van der Waals surface area contributed by atoms with Crippen molar-refractivity contribution in [3.05, 3.63) is 35.0 Å². The van der Waals surface area contributed by atoms with Gasteiger partial charge in [-0.2, -0.15) is 0 Å². The molecule has 19 heavy (non-hydrogen) atoms. The van der Waals surface area contributed by atoms with Crippen LogP contribution in [0.5, 0.6) is 5.75 Å². The van der Waals surface area contributed by atoms with E-state index >= 15 is 0 Å². The fraction of sp³-hybridized carbons (Fsp3) is 0.231. The summed E-state index contributed by atoms with van der Waals surface area (Å²) in [4.78, 5) is 15.3. The zero-order valence-corrected chi connectivity index (χ0v) is 10.6. The van der Waals surface area contributed by atoms with Gasteiger partial charge in [0, 0.05) is 11.3 Å². The van der Waals surface area contributed by atoms with Crippen molar-refractivity contribution < 1.29 is 23.0 Å². The fourth-order valence-electron chi connectivity index (χ4n) is 1.72. The minimum atomic E-state index is -1.10. The first-order valence-electron chi connectivity index (χ1n) is 5.46. The molecule has 0 aliphatic rings.